The van der Waals surface area contributed by atoms with Crippen LogP contribution < -0.4 is 10.0 Å². The molecule has 8 heteroatoms. The van der Waals surface area contributed by atoms with E-state index in [0.29, 0.717) is 5.56 Å². The highest BCUT2D eigenvalue weighted by Crippen LogP contribution is 2.13. The zero-order chi connectivity index (χ0) is 18.4. The minimum absolute atomic E-state index is 0.144. The number of hydrogen-bond acceptors (Lipinski definition) is 3. The molecular weight excluding hydrogens is 350 g/mol. The molecule has 2 aromatic rings. The lowest BCUT2D eigenvalue weighted by Crippen LogP contribution is -2.45. The van der Waals surface area contributed by atoms with E-state index in [4.69, 9.17) is 0 Å². The lowest BCUT2D eigenvalue weighted by atomic mass is 10.1. The molecule has 0 saturated carbocycles. The van der Waals surface area contributed by atoms with E-state index in [1.54, 1.807) is 18.2 Å². The molecule has 0 aliphatic rings. The first kappa shape index (κ1) is 19.0. The molecule has 0 unspecified atom stereocenters. The number of hydrogen-bond donors (Lipinski definition) is 2. The number of benzene rings is 2. The number of amides is 1. The third-order valence-electron chi connectivity index (χ3n) is 3.50. The fraction of sp³-hybridized carbons (Fsp3) is 0.235. The first-order valence-electron chi connectivity index (χ1n) is 7.59. The molecule has 25 heavy (non-hydrogen) atoms. The fourth-order valence-corrected chi connectivity index (χ4v) is 3.47. The number of halogens is 2. The first-order chi connectivity index (χ1) is 11.8. The van der Waals surface area contributed by atoms with Gasteiger partial charge in [-0.3, -0.25) is 4.79 Å². The molecule has 1 amide bonds. The van der Waals surface area contributed by atoms with E-state index in [-0.39, 0.29) is 18.8 Å². The van der Waals surface area contributed by atoms with Crippen molar-refractivity contribution in [3.05, 3.63) is 65.7 Å². The Hall–Kier alpha value is -2.32. The van der Waals surface area contributed by atoms with E-state index in [0.717, 1.165) is 12.1 Å². The zero-order valence-corrected chi connectivity index (χ0v) is 14.3. The van der Waals surface area contributed by atoms with Crippen LogP contribution in [-0.4, -0.2) is 26.9 Å². The molecule has 0 fully saturated rings. The lowest BCUT2D eigenvalue weighted by molar-refractivity contribution is -0.122. The first-order valence-corrected chi connectivity index (χ1v) is 9.07. The van der Waals surface area contributed by atoms with Crippen LogP contribution in [0.4, 0.5) is 8.78 Å². The number of sulfonamides is 1. The van der Waals surface area contributed by atoms with E-state index in [1.165, 1.54) is 25.1 Å². The third kappa shape index (κ3) is 5.07. The molecule has 2 N–H and O–H groups in total. The van der Waals surface area contributed by atoms with Crippen LogP contribution in [0.3, 0.4) is 0 Å². The minimum atomic E-state index is -4.16. The van der Waals surface area contributed by atoms with Gasteiger partial charge in [0.15, 0.2) is 0 Å². The molecule has 0 aliphatic heterocycles. The minimum Gasteiger partial charge on any atom is -0.354 e. The Morgan fingerprint density at radius 3 is 2.28 bits per heavy atom. The van der Waals surface area contributed by atoms with Gasteiger partial charge in [0, 0.05) is 6.54 Å². The quantitative estimate of drug-likeness (QED) is 0.785. The summed E-state index contributed by atoms with van der Waals surface area (Å²) in [5.41, 5.74) is 0.447. The molecule has 134 valence electrons. The summed E-state index contributed by atoms with van der Waals surface area (Å²) in [6.07, 6.45) is 0.269. The van der Waals surface area contributed by atoms with E-state index in [9.17, 15) is 22.0 Å². The second-order valence-electron chi connectivity index (χ2n) is 5.41. The normalized spacial score (nSPS) is 12.6. The van der Waals surface area contributed by atoms with Crippen molar-refractivity contribution in [1.29, 1.82) is 0 Å². The van der Waals surface area contributed by atoms with Gasteiger partial charge in [-0.25, -0.2) is 17.2 Å². The van der Waals surface area contributed by atoms with Gasteiger partial charge in [0.2, 0.25) is 15.9 Å². The maximum Gasteiger partial charge on any atom is 0.244 e. The van der Waals surface area contributed by atoms with Gasteiger partial charge in [0.1, 0.15) is 16.5 Å². The van der Waals surface area contributed by atoms with Crippen molar-refractivity contribution in [2.24, 2.45) is 0 Å². The standard InChI is InChI=1S/C17H18F2N2O3S/c1-12(21-25(23,24)16-9-5-4-8-15(16)19)17(22)20-11-10-13-6-2-3-7-14(13)18/h2-9,12,21H,10-11H2,1H3,(H,20,22)/t12-/m0/s1. The van der Waals surface area contributed by atoms with Crippen LogP contribution in [0.1, 0.15) is 12.5 Å². The van der Waals surface area contributed by atoms with Crippen molar-refractivity contribution < 1.29 is 22.0 Å². The molecular formula is C17H18F2N2O3S. The van der Waals surface area contributed by atoms with Gasteiger partial charge in [0.25, 0.3) is 0 Å². The molecule has 5 nitrogen and oxygen atoms in total. The van der Waals surface area contributed by atoms with Crippen LogP contribution in [-0.2, 0) is 21.2 Å². The lowest BCUT2D eigenvalue weighted by Gasteiger charge is -2.15. The molecule has 2 rings (SSSR count). The molecule has 2 aromatic carbocycles. The Morgan fingerprint density at radius 1 is 1.04 bits per heavy atom. The summed E-state index contributed by atoms with van der Waals surface area (Å²) >= 11 is 0. The van der Waals surface area contributed by atoms with E-state index >= 15 is 0 Å². The largest absolute Gasteiger partial charge is 0.354 e. The van der Waals surface area contributed by atoms with Crippen molar-refractivity contribution in [2.45, 2.75) is 24.3 Å². The van der Waals surface area contributed by atoms with E-state index in [2.05, 4.69) is 10.0 Å². The predicted octanol–water partition coefficient (Wildman–Crippen LogP) is 1.99. The topological polar surface area (TPSA) is 75.3 Å². The van der Waals surface area contributed by atoms with Gasteiger partial charge in [-0.1, -0.05) is 30.3 Å². The van der Waals surface area contributed by atoms with E-state index in [1.807, 2.05) is 0 Å². The summed E-state index contributed by atoms with van der Waals surface area (Å²) in [5, 5.41) is 2.52. The smallest absolute Gasteiger partial charge is 0.244 e. The highest BCUT2D eigenvalue weighted by Gasteiger charge is 2.24. The summed E-state index contributed by atoms with van der Waals surface area (Å²) in [6, 6.07) is 9.96. The van der Waals surface area contributed by atoms with Crippen LogP contribution in [0.5, 0.6) is 0 Å². The Balaban J connectivity index is 1.92. The number of carbonyl (C=O) groups is 1. The van der Waals surface area contributed by atoms with Crippen molar-refractivity contribution in [2.75, 3.05) is 6.54 Å². The molecule has 0 heterocycles. The SMILES string of the molecule is C[C@H](NS(=O)(=O)c1ccccc1F)C(=O)NCCc1ccccc1F. The summed E-state index contributed by atoms with van der Waals surface area (Å²) in [5.74, 6) is -1.86. The average molecular weight is 368 g/mol. The van der Waals surface area contributed by atoms with E-state index < -0.39 is 32.7 Å². The molecule has 1 atom stereocenters. The van der Waals surface area contributed by atoms with Crippen LogP contribution in [0, 0.1) is 11.6 Å². The highest BCUT2D eigenvalue weighted by molar-refractivity contribution is 7.89. The summed E-state index contributed by atoms with van der Waals surface area (Å²) in [4.78, 5) is 11.5. The molecule has 0 spiro atoms. The highest BCUT2D eigenvalue weighted by atomic mass is 32.2. The van der Waals surface area contributed by atoms with Gasteiger partial charge in [-0.15, -0.1) is 0 Å². The van der Waals surface area contributed by atoms with Gasteiger partial charge in [-0.05, 0) is 37.1 Å². The van der Waals surface area contributed by atoms with Gasteiger partial charge >= 0.3 is 0 Å². The number of carbonyl (C=O) groups excluding carboxylic acids is 1. The van der Waals surface area contributed by atoms with Gasteiger partial charge in [0.05, 0.1) is 6.04 Å². The van der Waals surface area contributed by atoms with Crippen molar-refractivity contribution in [3.8, 4) is 0 Å². The Morgan fingerprint density at radius 2 is 1.64 bits per heavy atom. The van der Waals surface area contributed by atoms with Crippen molar-refractivity contribution in [1.82, 2.24) is 10.0 Å². The Kier molecular flexibility index (Phi) is 6.22. The summed E-state index contributed by atoms with van der Waals surface area (Å²) in [6.45, 7) is 1.49. The van der Waals surface area contributed by atoms with Crippen LogP contribution in [0.2, 0.25) is 0 Å². The Labute approximate surface area is 145 Å². The van der Waals surface area contributed by atoms with Gasteiger partial charge < -0.3 is 5.32 Å². The Bertz CT molecular complexity index is 856. The van der Waals surface area contributed by atoms with Crippen LogP contribution in [0.25, 0.3) is 0 Å². The maximum atomic E-state index is 13.6. The fourth-order valence-electron chi connectivity index (χ4n) is 2.19. The van der Waals surface area contributed by atoms with Crippen LogP contribution >= 0.6 is 0 Å². The molecule has 0 aromatic heterocycles. The maximum absolute atomic E-state index is 13.6. The molecule has 0 aliphatic carbocycles. The van der Waals surface area contributed by atoms with Crippen molar-refractivity contribution in [3.63, 3.8) is 0 Å². The van der Waals surface area contributed by atoms with Crippen LogP contribution in [0.15, 0.2) is 53.4 Å². The van der Waals surface area contributed by atoms with Crippen molar-refractivity contribution >= 4 is 15.9 Å². The number of nitrogens with one attached hydrogen (secondary N) is 2. The summed E-state index contributed by atoms with van der Waals surface area (Å²) in [7, 11) is -4.16. The van der Waals surface area contributed by atoms with Gasteiger partial charge in [-0.2, -0.15) is 4.72 Å². The second kappa shape index (κ2) is 8.17. The summed E-state index contributed by atoms with van der Waals surface area (Å²) < 4.78 is 53.5. The molecule has 0 radical (unpaired) electrons. The second-order valence-corrected chi connectivity index (χ2v) is 7.09. The average Bonchev–Trinajstić information content (AvgIpc) is 2.56. The molecule has 0 bridgehead atoms. The predicted molar refractivity (Wildman–Crippen MR) is 89.3 cm³/mol. The zero-order valence-electron chi connectivity index (χ0n) is 13.5. The molecule has 0 saturated heterocycles. The monoisotopic (exact) mass is 368 g/mol. The number of rotatable bonds is 7. The third-order valence-corrected chi connectivity index (χ3v) is 5.08.